The summed E-state index contributed by atoms with van der Waals surface area (Å²) in [6.45, 7) is 1.71. The van der Waals surface area contributed by atoms with Gasteiger partial charge in [0, 0.05) is 12.8 Å². The van der Waals surface area contributed by atoms with E-state index in [-0.39, 0.29) is 40.9 Å². The van der Waals surface area contributed by atoms with Gasteiger partial charge in [-0.25, -0.2) is 0 Å². The molecule has 0 heterocycles. The molecule has 0 spiro atoms. The van der Waals surface area contributed by atoms with Gasteiger partial charge in [0.15, 0.2) is 5.78 Å². The van der Waals surface area contributed by atoms with Gasteiger partial charge in [-0.2, -0.15) is 0 Å². The summed E-state index contributed by atoms with van der Waals surface area (Å²) in [4.78, 5) is 36.0. The lowest BCUT2D eigenvalue weighted by Crippen LogP contribution is -2.20. The Balaban J connectivity index is 1.82. The zero-order valence-corrected chi connectivity index (χ0v) is 12.7. The second-order valence-electron chi connectivity index (χ2n) is 6.12. The Labute approximate surface area is 129 Å². The van der Waals surface area contributed by atoms with Crippen molar-refractivity contribution in [2.24, 2.45) is 11.8 Å². The van der Waals surface area contributed by atoms with Crippen molar-refractivity contribution in [3.05, 3.63) is 23.2 Å². The molecule has 0 atom stereocenters. The molecular formula is C17H20O5. The van der Waals surface area contributed by atoms with Crippen LogP contribution in [0.3, 0.4) is 0 Å². The van der Waals surface area contributed by atoms with E-state index in [0.717, 1.165) is 25.7 Å². The van der Waals surface area contributed by atoms with E-state index in [1.807, 2.05) is 0 Å². The zero-order valence-electron chi connectivity index (χ0n) is 12.7. The molecular weight excluding hydrogens is 284 g/mol. The second kappa shape index (κ2) is 6.07. The molecule has 3 aliphatic carbocycles. The molecule has 5 heteroatoms. The average molecular weight is 304 g/mol. The predicted molar refractivity (Wildman–Crippen MR) is 77.3 cm³/mol. The number of allylic oxidation sites excluding steroid dienone is 3. The third kappa shape index (κ3) is 3.29. The highest BCUT2D eigenvalue weighted by Gasteiger charge is 2.36. The molecule has 0 radical (unpaired) electrons. The maximum absolute atomic E-state index is 12.3. The number of carbonyl (C=O) groups is 3. The van der Waals surface area contributed by atoms with E-state index in [1.54, 1.807) is 13.0 Å². The van der Waals surface area contributed by atoms with Crippen molar-refractivity contribution in [2.45, 2.75) is 51.9 Å². The van der Waals surface area contributed by atoms with Crippen LogP contribution in [0, 0.1) is 11.8 Å². The van der Waals surface area contributed by atoms with E-state index < -0.39 is 0 Å². The SMILES string of the molecule is C/C=C(\OC(=O)C1CC1)C1=C(OC(=O)C2CC2)CCCC1=O. The van der Waals surface area contributed by atoms with Crippen molar-refractivity contribution < 1.29 is 23.9 Å². The van der Waals surface area contributed by atoms with Gasteiger partial charge in [0.05, 0.1) is 17.4 Å². The van der Waals surface area contributed by atoms with Crippen LogP contribution in [0.4, 0.5) is 0 Å². The molecule has 0 aromatic heterocycles. The molecule has 0 bridgehead atoms. The monoisotopic (exact) mass is 304 g/mol. The Kier molecular flexibility index (Phi) is 4.14. The number of hydrogen-bond acceptors (Lipinski definition) is 5. The number of ether oxygens (including phenoxy) is 2. The first-order chi connectivity index (χ1) is 10.6. The summed E-state index contributed by atoms with van der Waals surface area (Å²) < 4.78 is 10.8. The normalized spacial score (nSPS) is 22.6. The predicted octanol–water partition coefficient (Wildman–Crippen LogP) is 2.80. The second-order valence-corrected chi connectivity index (χ2v) is 6.12. The number of hydrogen-bond donors (Lipinski definition) is 0. The highest BCUT2D eigenvalue weighted by molar-refractivity contribution is 6.01. The van der Waals surface area contributed by atoms with Gasteiger partial charge in [0.2, 0.25) is 0 Å². The molecule has 22 heavy (non-hydrogen) atoms. The van der Waals surface area contributed by atoms with Gasteiger partial charge in [0.1, 0.15) is 11.5 Å². The van der Waals surface area contributed by atoms with Crippen molar-refractivity contribution in [1.29, 1.82) is 0 Å². The van der Waals surface area contributed by atoms with E-state index in [1.165, 1.54) is 0 Å². The van der Waals surface area contributed by atoms with Gasteiger partial charge >= 0.3 is 11.9 Å². The quantitative estimate of drug-likeness (QED) is 0.577. The first kappa shape index (κ1) is 15.0. The lowest BCUT2D eigenvalue weighted by atomic mass is 9.94. The molecule has 0 aliphatic heterocycles. The van der Waals surface area contributed by atoms with Crippen molar-refractivity contribution >= 4 is 17.7 Å². The summed E-state index contributed by atoms with van der Waals surface area (Å²) in [6, 6.07) is 0. The zero-order chi connectivity index (χ0) is 15.7. The summed E-state index contributed by atoms with van der Waals surface area (Å²) in [6.07, 6.45) is 6.55. The number of Topliss-reactive ketones (excluding diaryl/α,β-unsaturated/α-hetero) is 1. The van der Waals surface area contributed by atoms with Crippen LogP contribution in [0.1, 0.15) is 51.9 Å². The van der Waals surface area contributed by atoms with Gasteiger partial charge in [0.25, 0.3) is 0 Å². The Bertz CT molecular complexity index is 576. The van der Waals surface area contributed by atoms with Crippen molar-refractivity contribution in [1.82, 2.24) is 0 Å². The lowest BCUT2D eigenvalue weighted by molar-refractivity contribution is -0.141. The van der Waals surface area contributed by atoms with Gasteiger partial charge in [-0.15, -0.1) is 0 Å². The van der Waals surface area contributed by atoms with Crippen LogP contribution in [0.5, 0.6) is 0 Å². The van der Waals surface area contributed by atoms with E-state index in [9.17, 15) is 14.4 Å². The van der Waals surface area contributed by atoms with Gasteiger partial charge in [-0.05, 0) is 45.1 Å². The van der Waals surface area contributed by atoms with Crippen LogP contribution in [0.2, 0.25) is 0 Å². The first-order valence-electron chi connectivity index (χ1n) is 7.96. The Hall–Kier alpha value is -1.91. The molecule has 0 N–H and O–H groups in total. The van der Waals surface area contributed by atoms with E-state index in [0.29, 0.717) is 25.0 Å². The topological polar surface area (TPSA) is 69.7 Å². The summed E-state index contributed by atoms with van der Waals surface area (Å²) in [5, 5.41) is 0. The lowest BCUT2D eigenvalue weighted by Gasteiger charge is -2.20. The molecule has 5 nitrogen and oxygen atoms in total. The molecule has 3 aliphatic rings. The molecule has 0 unspecified atom stereocenters. The van der Waals surface area contributed by atoms with Crippen molar-refractivity contribution in [3.63, 3.8) is 0 Å². The molecule has 2 fully saturated rings. The molecule has 0 saturated heterocycles. The number of ketones is 1. The summed E-state index contributed by atoms with van der Waals surface area (Å²) >= 11 is 0. The van der Waals surface area contributed by atoms with Gasteiger partial charge < -0.3 is 9.47 Å². The summed E-state index contributed by atoms with van der Waals surface area (Å²) in [7, 11) is 0. The van der Waals surface area contributed by atoms with E-state index in [4.69, 9.17) is 9.47 Å². The highest BCUT2D eigenvalue weighted by atomic mass is 16.6. The third-order valence-electron chi connectivity index (χ3n) is 4.13. The molecule has 0 aromatic rings. The molecule has 3 rings (SSSR count). The molecule has 118 valence electrons. The van der Waals surface area contributed by atoms with Crippen LogP contribution in [-0.4, -0.2) is 17.7 Å². The first-order valence-corrected chi connectivity index (χ1v) is 7.96. The smallest absolute Gasteiger partial charge is 0.314 e. The maximum atomic E-state index is 12.3. The van der Waals surface area contributed by atoms with Gasteiger partial charge in [-0.1, -0.05) is 0 Å². The van der Waals surface area contributed by atoms with Crippen molar-refractivity contribution in [2.75, 3.05) is 0 Å². The number of esters is 2. The Morgan fingerprint density at radius 3 is 2.27 bits per heavy atom. The number of carbonyl (C=O) groups excluding carboxylic acids is 3. The van der Waals surface area contributed by atoms with Crippen LogP contribution >= 0.6 is 0 Å². The van der Waals surface area contributed by atoms with Gasteiger partial charge in [-0.3, -0.25) is 14.4 Å². The standard InChI is InChI=1S/C17H20O5/c1-2-13(21-16(19)10-6-7-10)15-12(18)4-3-5-14(15)22-17(20)11-8-9-11/h2,10-11H,3-9H2,1H3/b13-2-. The minimum Gasteiger partial charge on any atom is -0.430 e. The maximum Gasteiger partial charge on any atom is 0.314 e. The highest BCUT2D eigenvalue weighted by Crippen LogP contribution is 2.36. The fourth-order valence-corrected chi connectivity index (χ4v) is 2.48. The van der Waals surface area contributed by atoms with Crippen molar-refractivity contribution in [3.8, 4) is 0 Å². The summed E-state index contributed by atoms with van der Waals surface area (Å²) in [5.74, 6) is -0.176. The van der Waals surface area contributed by atoms with Crippen LogP contribution in [0.25, 0.3) is 0 Å². The minimum absolute atomic E-state index is 0.0335. The largest absolute Gasteiger partial charge is 0.430 e. The number of rotatable bonds is 5. The molecule has 0 aromatic carbocycles. The van der Waals surface area contributed by atoms with Crippen LogP contribution in [0.15, 0.2) is 23.2 Å². The fourth-order valence-electron chi connectivity index (χ4n) is 2.48. The average Bonchev–Trinajstić information content (AvgIpc) is 3.38. The van der Waals surface area contributed by atoms with Crippen LogP contribution < -0.4 is 0 Å². The third-order valence-corrected chi connectivity index (χ3v) is 4.13. The molecule has 0 amide bonds. The Morgan fingerprint density at radius 2 is 1.68 bits per heavy atom. The van der Waals surface area contributed by atoms with Crippen LogP contribution in [-0.2, 0) is 23.9 Å². The molecule has 2 saturated carbocycles. The van der Waals surface area contributed by atoms with E-state index >= 15 is 0 Å². The minimum atomic E-state index is -0.299. The van der Waals surface area contributed by atoms with E-state index in [2.05, 4.69) is 0 Å². The Morgan fingerprint density at radius 1 is 1.05 bits per heavy atom. The summed E-state index contributed by atoms with van der Waals surface area (Å²) in [5.41, 5.74) is 0.275. The fraction of sp³-hybridized carbons (Fsp3) is 0.588.